The SMILES string of the molecule is O=C1CCCC[C@@H]2O[C@H]2CCC1. The van der Waals surface area contributed by atoms with Gasteiger partial charge in [-0.15, -0.1) is 0 Å². The molecular formula is C10H16O2. The number of carbonyl (C=O) groups is 1. The van der Waals surface area contributed by atoms with Gasteiger partial charge in [0.25, 0.3) is 0 Å². The Morgan fingerprint density at radius 3 is 2.50 bits per heavy atom. The lowest BCUT2D eigenvalue weighted by molar-refractivity contribution is -0.119. The van der Waals surface area contributed by atoms with Gasteiger partial charge in [-0.3, -0.25) is 4.79 Å². The second-order valence-corrected chi connectivity index (χ2v) is 3.89. The van der Waals surface area contributed by atoms with Gasteiger partial charge in [-0.1, -0.05) is 6.42 Å². The van der Waals surface area contributed by atoms with Crippen molar-refractivity contribution in [1.29, 1.82) is 0 Å². The van der Waals surface area contributed by atoms with Gasteiger partial charge >= 0.3 is 0 Å². The zero-order valence-corrected chi connectivity index (χ0v) is 7.42. The molecule has 0 aromatic carbocycles. The number of carbonyl (C=O) groups excluding carboxylic acids is 1. The molecular weight excluding hydrogens is 152 g/mol. The van der Waals surface area contributed by atoms with Crippen molar-refractivity contribution >= 4 is 5.78 Å². The third-order valence-electron chi connectivity index (χ3n) is 2.83. The van der Waals surface area contributed by atoms with Crippen molar-refractivity contribution in [1.82, 2.24) is 0 Å². The summed E-state index contributed by atoms with van der Waals surface area (Å²) in [6.45, 7) is 0. The van der Waals surface area contributed by atoms with Crippen LogP contribution in [0.5, 0.6) is 0 Å². The standard InChI is InChI=1S/C10H16O2/c11-8-4-1-2-6-9-10(12-9)7-3-5-8/h9-10H,1-7H2/t9-,10-/m0/s1. The van der Waals surface area contributed by atoms with Crippen molar-refractivity contribution in [3.8, 4) is 0 Å². The van der Waals surface area contributed by atoms with Crippen molar-refractivity contribution in [2.24, 2.45) is 0 Å². The summed E-state index contributed by atoms with van der Waals surface area (Å²) in [6.07, 6.45) is 8.23. The van der Waals surface area contributed by atoms with E-state index in [-0.39, 0.29) is 0 Å². The highest BCUT2D eigenvalue weighted by Gasteiger charge is 2.37. The Morgan fingerprint density at radius 2 is 1.67 bits per heavy atom. The Kier molecular flexibility index (Phi) is 2.45. The average Bonchev–Trinajstić information content (AvgIpc) is 2.78. The summed E-state index contributed by atoms with van der Waals surface area (Å²) in [6, 6.07) is 0. The lowest BCUT2D eigenvalue weighted by Gasteiger charge is -2.02. The molecule has 1 heterocycles. The van der Waals surface area contributed by atoms with Crippen LogP contribution in [0.3, 0.4) is 0 Å². The quantitative estimate of drug-likeness (QED) is 0.518. The van der Waals surface area contributed by atoms with Crippen LogP contribution in [-0.4, -0.2) is 18.0 Å². The number of rotatable bonds is 0. The summed E-state index contributed by atoms with van der Waals surface area (Å²) >= 11 is 0. The van der Waals surface area contributed by atoms with Gasteiger partial charge in [0.2, 0.25) is 0 Å². The van der Waals surface area contributed by atoms with Gasteiger partial charge in [0.15, 0.2) is 0 Å². The maximum Gasteiger partial charge on any atom is 0.132 e. The predicted octanol–water partition coefficient (Wildman–Crippen LogP) is 2.07. The van der Waals surface area contributed by atoms with Crippen molar-refractivity contribution in [2.75, 3.05) is 0 Å². The highest BCUT2D eigenvalue weighted by atomic mass is 16.6. The van der Waals surface area contributed by atoms with E-state index in [0.29, 0.717) is 18.0 Å². The Morgan fingerprint density at radius 1 is 1.00 bits per heavy atom. The molecule has 0 aromatic rings. The molecule has 0 radical (unpaired) electrons. The number of hydrogen-bond donors (Lipinski definition) is 0. The summed E-state index contributed by atoms with van der Waals surface area (Å²) in [5, 5.41) is 0. The van der Waals surface area contributed by atoms with E-state index in [1.165, 1.54) is 12.8 Å². The van der Waals surface area contributed by atoms with E-state index in [9.17, 15) is 4.79 Å². The number of ketones is 1. The molecule has 2 nitrogen and oxygen atoms in total. The molecule has 2 heteroatoms. The summed E-state index contributed by atoms with van der Waals surface area (Å²) < 4.78 is 5.47. The van der Waals surface area contributed by atoms with Gasteiger partial charge < -0.3 is 4.74 Å². The fraction of sp³-hybridized carbons (Fsp3) is 0.900. The largest absolute Gasteiger partial charge is 0.370 e. The van der Waals surface area contributed by atoms with Crippen LogP contribution in [0.1, 0.15) is 44.9 Å². The van der Waals surface area contributed by atoms with Gasteiger partial charge in [0.1, 0.15) is 5.78 Å². The molecule has 0 aromatic heterocycles. The lowest BCUT2D eigenvalue weighted by atomic mass is 10.0. The maximum atomic E-state index is 11.2. The molecule has 2 rings (SSSR count). The molecule has 0 bridgehead atoms. The van der Waals surface area contributed by atoms with Gasteiger partial charge in [-0.05, 0) is 25.7 Å². The minimum Gasteiger partial charge on any atom is -0.370 e. The molecule has 1 aliphatic heterocycles. The van der Waals surface area contributed by atoms with E-state index >= 15 is 0 Å². The Labute approximate surface area is 73.3 Å². The number of fused-ring (bicyclic) bond motifs is 1. The Balaban J connectivity index is 1.79. The van der Waals surface area contributed by atoms with Crippen LogP contribution < -0.4 is 0 Å². The van der Waals surface area contributed by atoms with Crippen molar-refractivity contribution in [3.05, 3.63) is 0 Å². The lowest BCUT2D eigenvalue weighted by Crippen LogP contribution is -2.03. The Hall–Kier alpha value is -0.370. The zero-order chi connectivity index (χ0) is 8.39. The number of hydrogen-bond acceptors (Lipinski definition) is 2. The molecule has 0 amide bonds. The smallest absolute Gasteiger partial charge is 0.132 e. The highest BCUT2D eigenvalue weighted by Crippen LogP contribution is 2.32. The molecule has 0 spiro atoms. The van der Waals surface area contributed by atoms with E-state index in [0.717, 1.165) is 32.1 Å². The molecule has 0 unspecified atom stereocenters. The third-order valence-corrected chi connectivity index (χ3v) is 2.83. The van der Waals surface area contributed by atoms with Crippen molar-refractivity contribution < 1.29 is 9.53 Å². The highest BCUT2D eigenvalue weighted by molar-refractivity contribution is 5.78. The van der Waals surface area contributed by atoms with Crippen LogP contribution >= 0.6 is 0 Å². The minimum absolute atomic E-state index is 0.453. The molecule has 2 aliphatic rings. The first-order chi connectivity index (χ1) is 5.86. The van der Waals surface area contributed by atoms with Crippen LogP contribution in [0.2, 0.25) is 0 Å². The first-order valence-corrected chi connectivity index (χ1v) is 5.03. The number of Topliss-reactive ketones (excluding diaryl/α,β-unsaturated/α-hetero) is 1. The molecule has 12 heavy (non-hydrogen) atoms. The van der Waals surface area contributed by atoms with E-state index in [2.05, 4.69) is 0 Å². The zero-order valence-electron chi connectivity index (χ0n) is 7.42. The second-order valence-electron chi connectivity index (χ2n) is 3.89. The predicted molar refractivity (Wildman–Crippen MR) is 46.0 cm³/mol. The van der Waals surface area contributed by atoms with Crippen LogP contribution in [0.25, 0.3) is 0 Å². The Bertz CT molecular complexity index is 177. The minimum atomic E-state index is 0.453. The maximum absolute atomic E-state index is 11.2. The summed E-state index contributed by atoms with van der Waals surface area (Å²) in [4.78, 5) is 11.2. The van der Waals surface area contributed by atoms with Crippen LogP contribution in [0.15, 0.2) is 0 Å². The first kappa shape index (κ1) is 8.24. The first-order valence-electron chi connectivity index (χ1n) is 5.03. The van der Waals surface area contributed by atoms with Crippen LogP contribution in [0.4, 0.5) is 0 Å². The monoisotopic (exact) mass is 168 g/mol. The van der Waals surface area contributed by atoms with Gasteiger partial charge in [-0.25, -0.2) is 0 Å². The van der Waals surface area contributed by atoms with E-state index in [1.807, 2.05) is 0 Å². The molecule has 1 aliphatic carbocycles. The van der Waals surface area contributed by atoms with Gasteiger partial charge in [0.05, 0.1) is 12.2 Å². The van der Waals surface area contributed by atoms with E-state index < -0.39 is 0 Å². The van der Waals surface area contributed by atoms with Crippen molar-refractivity contribution in [2.45, 2.75) is 57.2 Å². The number of epoxide rings is 1. The molecule has 1 saturated carbocycles. The molecule has 2 fully saturated rings. The second kappa shape index (κ2) is 3.56. The molecule has 2 atom stereocenters. The fourth-order valence-corrected chi connectivity index (χ4v) is 1.98. The van der Waals surface area contributed by atoms with Crippen LogP contribution in [0, 0.1) is 0 Å². The molecule has 68 valence electrons. The summed E-state index contributed by atoms with van der Waals surface area (Å²) in [5.41, 5.74) is 0. The molecule has 0 N–H and O–H groups in total. The molecule has 1 saturated heterocycles. The number of ether oxygens (including phenoxy) is 1. The average molecular weight is 168 g/mol. The fourth-order valence-electron chi connectivity index (χ4n) is 1.98. The van der Waals surface area contributed by atoms with E-state index in [1.54, 1.807) is 0 Å². The topological polar surface area (TPSA) is 29.6 Å². The van der Waals surface area contributed by atoms with Gasteiger partial charge in [0, 0.05) is 12.8 Å². The van der Waals surface area contributed by atoms with E-state index in [4.69, 9.17) is 4.74 Å². The van der Waals surface area contributed by atoms with Crippen molar-refractivity contribution in [3.63, 3.8) is 0 Å². The summed E-state index contributed by atoms with van der Waals surface area (Å²) in [5.74, 6) is 0.453. The normalized spacial score (nSPS) is 37.2. The third kappa shape index (κ3) is 2.07. The summed E-state index contributed by atoms with van der Waals surface area (Å²) in [7, 11) is 0. The van der Waals surface area contributed by atoms with Crippen LogP contribution in [-0.2, 0) is 9.53 Å². The van der Waals surface area contributed by atoms with Gasteiger partial charge in [-0.2, -0.15) is 0 Å².